The van der Waals surface area contributed by atoms with Crippen molar-refractivity contribution in [3.8, 4) is 0 Å². The molecule has 0 aromatic carbocycles. The number of carbonyl (C=O) groups is 2. The van der Waals surface area contributed by atoms with Gasteiger partial charge in [0.2, 0.25) is 5.78 Å². The van der Waals surface area contributed by atoms with Gasteiger partial charge in [0.05, 0.1) is 12.8 Å². The molecule has 5 nitrogen and oxygen atoms in total. The average Bonchev–Trinajstić information content (AvgIpc) is 2.25. The van der Waals surface area contributed by atoms with Crippen molar-refractivity contribution in [3.05, 3.63) is 12.0 Å². The van der Waals surface area contributed by atoms with Crippen molar-refractivity contribution in [1.29, 1.82) is 0 Å². The van der Waals surface area contributed by atoms with Crippen LogP contribution in [0.15, 0.2) is 17.0 Å². The van der Waals surface area contributed by atoms with Gasteiger partial charge in [0.15, 0.2) is 18.1 Å². The summed E-state index contributed by atoms with van der Waals surface area (Å²) >= 11 is 0. The first-order valence-corrected chi connectivity index (χ1v) is 4.76. The molecule has 1 aliphatic heterocycles. The summed E-state index contributed by atoms with van der Waals surface area (Å²) in [7, 11) is 0. The van der Waals surface area contributed by atoms with E-state index < -0.39 is 6.10 Å². The van der Waals surface area contributed by atoms with Crippen LogP contribution in [-0.2, 0) is 19.1 Å². The minimum absolute atomic E-state index is 0.0882. The fourth-order valence-corrected chi connectivity index (χ4v) is 1.21. The summed E-state index contributed by atoms with van der Waals surface area (Å²) in [5, 5.41) is 0. The topological polar surface area (TPSA) is 65.0 Å². The van der Waals surface area contributed by atoms with Crippen LogP contribution in [0, 0.1) is 0 Å². The molecule has 0 aliphatic carbocycles. The quantitative estimate of drug-likeness (QED) is 0.621. The van der Waals surface area contributed by atoms with Crippen molar-refractivity contribution in [2.24, 2.45) is 4.99 Å². The van der Waals surface area contributed by atoms with Crippen molar-refractivity contribution in [1.82, 2.24) is 0 Å². The summed E-state index contributed by atoms with van der Waals surface area (Å²) in [4.78, 5) is 26.2. The zero-order valence-corrected chi connectivity index (χ0v) is 8.73. The molecule has 0 aromatic heterocycles. The lowest BCUT2D eigenvalue weighted by atomic mass is 10.1. The fraction of sp³-hybridized carbons (Fsp3) is 0.500. The number of carbonyl (C=O) groups excluding carboxylic acids is 2. The molecule has 5 heteroatoms. The van der Waals surface area contributed by atoms with Gasteiger partial charge in [-0.1, -0.05) is 0 Å². The number of hydrogen-bond acceptors (Lipinski definition) is 5. The highest BCUT2D eigenvalue weighted by molar-refractivity contribution is 6.38. The Kier molecular flexibility index (Phi) is 4.17. The van der Waals surface area contributed by atoms with Crippen LogP contribution in [-0.4, -0.2) is 37.1 Å². The van der Waals surface area contributed by atoms with Gasteiger partial charge in [0.1, 0.15) is 5.71 Å². The first kappa shape index (κ1) is 11.6. The summed E-state index contributed by atoms with van der Waals surface area (Å²) in [5.41, 5.74) is 0.0882. The molecule has 1 rings (SSSR count). The number of ketones is 1. The van der Waals surface area contributed by atoms with Gasteiger partial charge >= 0.3 is 0 Å². The number of rotatable bonds is 5. The molecule has 0 radical (unpaired) electrons. The lowest BCUT2D eigenvalue weighted by Gasteiger charge is -2.19. The van der Waals surface area contributed by atoms with Gasteiger partial charge in [-0.05, 0) is 13.8 Å². The average molecular weight is 211 g/mol. The van der Waals surface area contributed by atoms with E-state index in [-0.39, 0.29) is 17.3 Å². The molecule has 0 saturated heterocycles. The Balaban J connectivity index is 2.89. The van der Waals surface area contributed by atoms with E-state index in [1.54, 1.807) is 13.8 Å². The van der Waals surface area contributed by atoms with Crippen molar-refractivity contribution >= 4 is 17.8 Å². The Hall–Kier alpha value is -1.49. The second kappa shape index (κ2) is 5.41. The minimum atomic E-state index is -0.918. The third-order valence-corrected chi connectivity index (χ3v) is 1.83. The highest BCUT2D eigenvalue weighted by Crippen LogP contribution is 2.13. The summed E-state index contributed by atoms with van der Waals surface area (Å²) in [5.74, 6) is -0.211. The molecule has 1 atom stereocenters. The smallest absolute Gasteiger partial charge is 0.233 e. The lowest BCUT2D eigenvalue weighted by Crippen LogP contribution is -2.37. The van der Waals surface area contributed by atoms with Gasteiger partial charge in [0.25, 0.3) is 0 Å². The van der Waals surface area contributed by atoms with Crippen LogP contribution in [0.5, 0.6) is 0 Å². The number of aldehydes is 1. The molecule has 82 valence electrons. The molecular weight excluding hydrogens is 198 g/mol. The Morgan fingerprint density at radius 3 is 2.73 bits per heavy atom. The predicted molar refractivity (Wildman–Crippen MR) is 53.6 cm³/mol. The maximum atomic E-state index is 11.7. The first-order chi connectivity index (χ1) is 7.24. The van der Waals surface area contributed by atoms with E-state index in [9.17, 15) is 9.59 Å². The molecule has 1 heterocycles. The molecule has 0 bridgehead atoms. The van der Waals surface area contributed by atoms with Crippen LogP contribution in [0.25, 0.3) is 0 Å². The number of hydrogen-bond donors (Lipinski definition) is 0. The van der Waals surface area contributed by atoms with Crippen LogP contribution in [0.2, 0.25) is 0 Å². The highest BCUT2D eigenvalue weighted by Gasteiger charge is 2.31. The third-order valence-electron chi connectivity index (χ3n) is 1.83. The van der Waals surface area contributed by atoms with Gasteiger partial charge in [-0.25, -0.2) is 0 Å². The molecule has 0 spiro atoms. The Bertz CT molecular complexity index is 319. The van der Waals surface area contributed by atoms with Crippen LogP contribution < -0.4 is 0 Å². The largest absolute Gasteiger partial charge is 0.488 e. The van der Waals surface area contributed by atoms with Crippen LogP contribution in [0.1, 0.15) is 13.8 Å². The number of Topliss-reactive ketones (excluding diaryl/α,β-unsaturated/α-hetero) is 1. The molecule has 1 aliphatic rings. The van der Waals surface area contributed by atoms with Crippen molar-refractivity contribution in [2.75, 3.05) is 13.2 Å². The van der Waals surface area contributed by atoms with Crippen LogP contribution in [0.4, 0.5) is 0 Å². The van der Waals surface area contributed by atoms with E-state index in [0.29, 0.717) is 19.5 Å². The highest BCUT2D eigenvalue weighted by atomic mass is 16.5. The van der Waals surface area contributed by atoms with E-state index in [2.05, 4.69) is 4.99 Å². The second-order valence-corrected chi connectivity index (χ2v) is 2.80. The molecule has 15 heavy (non-hydrogen) atoms. The van der Waals surface area contributed by atoms with Gasteiger partial charge < -0.3 is 9.47 Å². The third kappa shape index (κ3) is 2.50. The van der Waals surface area contributed by atoms with Gasteiger partial charge in [-0.2, -0.15) is 0 Å². The normalized spacial score (nSPS) is 20.7. The molecule has 0 fully saturated rings. The Morgan fingerprint density at radius 2 is 2.20 bits per heavy atom. The Morgan fingerprint density at radius 1 is 1.47 bits per heavy atom. The summed E-state index contributed by atoms with van der Waals surface area (Å²) < 4.78 is 10.2. The summed E-state index contributed by atoms with van der Waals surface area (Å²) in [6.07, 6.45) is 0.863. The maximum Gasteiger partial charge on any atom is 0.233 e. The maximum absolute atomic E-state index is 11.7. The summed E-state index contributed by atoms with van der Waals surface area (Å²) in [6, 6.07) is 0. The van der Waals surface area contributed by atoms with E-state index >= 15 is 0 Å². The molecule has 0 saturated carbocycles. The number of nitrogens with zero attached hydrogens (tertiary/aromatic N) is 1. The number of aliphatic imine (C=N–C) groups is 1. The first-order valence-electron chi connectivity index (χ1n) is 4.76. The van der Waals surface area contributed by atoms with Crippen molar-refractivity contribution in [2.45, 2.75) is 20.0 Å². The zero-order chi connectivity index (χ0) is 11.3. The molecule has 0 aromatic rings. The molecule has 1 unspecified atom stereocenters. The Labute approximate surface area is 87.8 Å². The van der Waals surface area contributed by atoms with E-state index in [4.69, 9.17) is 9.47 Å². The zero-order valence-electron chi connectivity index (χ0n) is 8.73. The molecule has 0 amide bonds. The van der Waals surface area contributed by atoms with Gasteiger partial charge in [0, 0.05) is 6.61 Å². The van der Waals surface area contributed by atoms with E-state index in [1.807, 2.05) is 0 Å². The minimum Gasteiger partial charge on any atom is -0.488 e. The monoisotopic (exact) mass is 211 g/mol. The fourth-order valence-electron chi connectivity index (χ4n) is 1.21. The standard InChI is InChI=1S/C10H13NO4/c1-3-14-8-5-11-7(6-12)10(9(8)13)15-4-2/h5-6,10H,3-4H2,1-2H3. The van der Waals surface area contributed by atoms with Crippen molar-refractivity contribution < 1.29 is 19.1 Å². The molecular formula is C10H13NO4. The van der Waals surface area contributed by atoms with E-state index in [1.165, 1.54) is 6.20 Å². The van der Waals surface area contributed by atoms with Gasteiger partial charge in [-0.3, -0.25) is 14.6 Å². The van der Waals surface area contributed by atoms with Crippen LogP contribution >= 0.6 is 0 Å². The predicted octanol–water partition coefficient (Wildman–Crippen LogP) is 0.492. The second-order valence-electron chi connectivity index (χ2n) is 2.80. The summed E-state index contributed by atoms with van der Waals surface area (Å²) in [6.45, 7) is 4.22. The number of ether oxygens (including phenoxy) is 2. The van der Waals surface area contributed by atoms with E-state index in [0.717, 1.165) is 0 Å². The van der Waals surface area contributed by atoms with Crippen LogP contribution in [0.3, 0.4) is 0 Å². The van der Waals surface area contributed by atoms with Crippen molar-refractivity contribution in [3.63, 3.8) is 0 Å². The molecule has 0 N–H and O–H groups in total. The van der Waals surface area contributed by atoms with Gasteiger partial charge in [-0.15, -0.1) is 0 Å². The SMILES string of the molecule is CCOC1=CN=C(C=O)C(OCC)C1=O. The lowest BCUT2D eigenvalue weighted by molar-refractivity contribution is -0.127.